The first-order valence-corrected chi connectivity index (χ1v) is 9.16. The molecule has 3 rings (SSSR count). The van der Waals surface area contributed by atoms with Crippen LogP contribution in [0.25, 0.3) is 22.5 Å². The lowest BCUT2D eigenvalue weighted by atomic mass is 9.99. The first kappa shape index (κ1) is 20.3. The van der Waals surface area contributed by atoms with Crippen molar-refractivity contribution in [2.45, 2.75) is 13.8 Å². The number of pyridine rings is 1. The molecule has 0 radical (unpaired) electrons. The Labute approximate surface area is 172 Å². The minimum absolute atomic E-state index is 0.0117. The predicted molar refractivity (Wildman–Crippen MR) is 106 cm³/mol. The summed E-state index contributed by atoms with van der Waals surface area (Å²) in [5.74, 6) is -2.14. The SMILES string of the molecule is CCOC(=O)c1c(-c2cc(O)c(O)c([N+](=O)[O-])c2)coc1-c1ccc(C)nc1Br. The summed E-state index contributed by atoms with van der Waals surface area (Å²) in [5, 5.41) is 30.8. The van der Waals surface area contributed by atoms with Crippen LogP contribution in [0.1, 0.15) is 23.0 Å². The smallest absolute Gasteiger partial charge is 0.342 e. The molecular weight excluding hydrogens is 448 g/mol. The molecule has 9 nitrogen and oxygen atoms in total. The third kappa shape index (κ3) is 3.79. The Morgan fingerprint density at radius 3 is 2.66 bits per heavy atom. The van der Waals surface area contributed by atoms with E-state index in [1.807, 2.05) is 0 Å². The van der Waals surface area contributed by atoms with Gasteiger partial charge >= 0.3 is 11.7 Å². The topological polar surface area (TPSA) is 136 Å². The number of ether oxygens (including phenoxy) is 1. The summed E-state index contributed by atoms with van der Waals surface area (Å²) < 4.78 is 11.2. The molecule has 29 heavy (non-hydrogen) atoms. The van der Waals surface area contributed by atoms with Crippen LogP contribution in [-0.4, -0.2) is 32.7 Å². The molecule has 0 spiro atoms. The van der Waals surface area contributed by atoms with Crippen LogP contribution in [0.3, 0.4) is 0 Å². The van der Waals surface area contributed by atoms with E-state index >= 15 is 0 Å². The number of hydrogen-bond acceptors (Lipinski definition) is 8. The van der Waals surface area contributed by atoms with Gasteiger partial charge in [-0.15, -0.1) is 0 Å². The van der Waals surface area contributed by atoms with Crippen molar-refractivity contribution in [1.82, 2.24) is 4.98 Å². The highest BCUT2D eigenvalue weighted by atomic mass is 79.9. The average molecular weight is 463 g/mol. The Morgan fingerprint density at radius 2 is 2.03 bits per heavy atom. The van der Waals surface area contributed by atoms with E-state index in [0.29, 0.717) is 10.2 Å². The minimum Gasteiger partial charge on any atom is -0.504 e. The lowest BCUT2D eigenvalue weighted by molar-refractivity contribution is -0.385. The number of carbonyl (C=O) groups is 1. The van der Waals surface area contributed by atoms with Crippen molar-refractivity contribution >= 4 is 27.6 Å². The van der Waals surface area contributed by atoms with E-state index in [-0.39, 0.29) is 29.1 Å². The largest absolute Gasteiger partial charge is 0.504 e. The van der Waals surface area contributed by atoms with Crippen LogP contribution in [-0.2, 0) is 4.74 Å². The van der Waals surface area contributed by atoms with Gasteiger partial charge < -0.3 is 19.4 Å². The molecule has 0 saturated carbocycles. The van der Waals surface area contributed by atoms with Gasteiger partial charge in [0.15, 0.2) is 11.5 Å². The summed E-state index contributed by atoms with van der Waals surface area (Å²) in [6.45, 7) is 3.53. The van der Waals surface area contributed by atoms with Crippen LogP contribution in [0.5, 0.6) is 11.5 Å². The molecule has 3 aromatic rings. The van der Waals surface area contributed by atoms with E-state index in [1.54, 1.807) is 26.0 Å². The molecule has 0 amide bonds. The van der Waals surface area contributed by atoms with E-state index < -0.39 is 28.1 Å². The van der Waals surface area contributed by atoms with E-state index in [0.717, 1.165) is 17.8 Å². The third-order valence-corrected chi connectivity index (χ3v) is 4.69. The second-order valence-electron chi connectivity index (χ2n) is 5.99. The number of phenols is 2. The Hall–Kier alpha value is -3.40. The van der Waals surface area contributed by atoms with Crippen molar-refractivity contribution in [3.8, 4) is 33.9 Å². The van der Waals surface area contributed by atoms with Gasteiger partial charge in [-0.05, 0) is 53.5 Å². The van der Waals surface area contributed by atoms with Gasteiger partial charge in [-0.25, -0.2) is 9.78 Å². The lowest BCUT2D eigenvalue weighted by Gasteiger charge is -2.08. The summed E-state index contributed by atoms with van der Waals surface area (Å²) in [6, 6.07) is 5.57. The van der Waals surface area contributed by atoms with Crippen LogP contribution in [0.4, 0.5) is 5.69 Å². The average Bonchev–Trinajstić information content (AvgIpc) is 3.08. The molecule has 0 unspecified atom stereocenters. The molecule has 0 saturated heterocycles. The number of halogens is 1. The number of aromatic hydroxyl groups is 2. The number of aryl methyl sites for hydroxylation is 1. The fourth-order valence-corrected chi connectivity index (χ4v) is 3.36. The molecule has 1 aromatic carbocycles. The van der Waals surface area contributed by atoms with Crippen LogP contribution in [0.15, 0.2) is 39.5 Å². The Morgan fingerprint density at radius 1 is 1.31 bits per heavy atom. The number of nitro benzene ring substituents is 1. The quantitative estimate of drug-likeness (QED) is 0.185. The van der Waals surface area contributed by atoms with Gasteiger partial charge in [-0.2, -0.15) is 0 Å². The molecule has 0 bridgehead atoms. The zero-order valence-corrected chi connectivity index (χ0v) is 16.9. The highest BCUT2D eigenvalue weighted by Crippen LogP contribution is 2.43. The second kappa shape index (κ2) is 7.92. The van der Waals surface area contributed by atoms with Gasteiger partial charge in [0.25, 0.3) is 0 Å². The number of aromatic nitrogens is 1. The fraction of sp³-hybridized carbons (Fsp3) is 0.158. The normalized spacial score (nSPS) is 10.7. The van der Waals surface area contributed by atoms with E-state index in [4.69, 9.17) is 9.15 Å². The number of benzene rings is 1. The van der Waals surface area contributed by atoms with Crippen molar-refractivity contribution in [2.75, 3.05) is 6.61 Å². The molecule has 2 N–H and O–H groups in total. The Balaban J connectivity index is 2.27. The van der Waals surface area contributed by atoms with E-state index in [9.17, 15) is 25.1 Å². The van der Waals surface area contributed by atoms with Crippen molar-refractivity contribution < 1.29 is 29.1 Å². The van der Waals surface area contributed by atoms with Crippen LogP contribution in [0, 0.1) is 17.0 Å². The molecule has 10 heteroatoms. The zero-order chi connectivity index (χ0) is 21.3. The third-order valence-electron chi connectivity index (χ3n) is 4.08. The molecule has 0 aliphatic heterocycles. The lowest BCUT2D eigenvalue weighted by Crippen LogP contribution is -2.07. The second-order valence-corrected chi connectivity index (χ2v) is 6.74. The van der Waals surface area contributed by atoms with Crippen LogP contribution < -0.4 is 0 Å². The van der Waals surface area contributed by atoms with Gasteiger partial charge in [-0.3, -0.25) is 10.1 Å². The number of carbonyl (C=O) groups excluding carboxylic acids is 1. The number of esters is 1. The van der Waals surface area contributed by atoms with Gasteiger partial charge in [-0.1, -0.05) is 0 Å². The number of nitro groups is 1. The maximum Gasteiger partial charge on any atom is 0.342 e. The Kier molecular flexibility index (Phi) is 5.55. The number of nitrogens with zero attached hydrogens (tertiary/aromatic N) is 2. The summed E-state index contributed by atoms with van der Waals surface area (Å²) in [5.41, 5.74) is 0.769. The van der Waals surface area contributed by atoms with Gasteiger partial charge in [0, 0.05) is 17.3 Å². The monoisotopic (exact) mass is 462 g/mol. The van der Waals surface area contributed by atoms with Crippen molar-refractivity contribution in [2.24, 2.45) is 0 Å². The predicted octanol–water partition coefficient (Wildman–Crippen LogP) is 4.58. The van der Waals surface area contributed by atoms with Crippen molar-refractivity contribution in [3.63, 3.8) is 0 Å². The molecule has 0 fully saturated rings. The summed E-state index contributed by atoms with van der Waals surface area (Å²) >= 11 is 3.34. The molecule has 0 aliphatic carbocycles. The standard InChI is InChI=1S/C19H15BrN2O7/c1-3-28-19(25)15-12(10-6-13(22(26)27)16(24)14(23)7-10)8-29-17(15)11-5-4-9(2)21-18(11)20/h4-8,23-24H,3H2,1-2H3. The summed E-state index contributed by atoms with van der Waals surface area (Å²) in [4.78, 5) is 27.3. The fourth-order valence-electron chi connectivity index (χ4n) is 2.77. The number of phenolic OH excluding ortho intramolecular Hbond substituents is 2. The maximum atomic E-state index is 12.7. The summed E-state index contributed by atoms with van der Waals surface area (Å²) in [7, 11) is 0. The van der Waals surface area contributed by atoms with Gasteiger partial charge in [0.2, 0.25) is 5.75 Å². The zero-order valence-electron chi connectivity index (χ0n) is 15.3. The van der Waals surface area contributed by atoms with E-state index in [2.05, 4.69) is 20.9 Å². The van der Waals surface area contributed by atoms with Crippen molar-refractivity contribution in [3.05, 3.63) is 56.5 Å². The van der Waals surface area contributed by atoms with Crippen LogP contribution >= 0.6 is 15.9 Å². The molecule has 0 aliphatic rings. The highest BCUT2D eigenvalue weighted by molar-refractivity contribution is 9.10. The molecule has 2 heterocycles. The number of rotatable bonds is 5. The van der Waals surface area contributed by atoms with Gasteiger partial charge in [0.05, 0.1) is 23.4 Å². The minimum atomic E-state index is -0.870. The maximum absolute atomic E-state index is 12.7. The molecule has 2 aromatic heterocycles. The first-order valence-electron chi connectivity index (χ1n) is 8.37. The summed E-state index contributed by atoms with van der Waals surface area (Å²) in [6.07, 6.45) is 1.23. The van der Waals surface area contributed by atoms with Crippen LogP contribution in [0.2, 0.25) is 0 Å². The molecule has 150 valence electrons. The van der Waals surface area contributed by atoms with Gasteiger partial charge in [0.1, 0.15) is 10.2 Å². The van der Waals surface area contributed by atoms with E-state index in [1.165, 1.54) is 6.26 Å². The highest BCUT2D eigenvalue weighted by Gasteiger charge is 2.28. The van der Waals surface area contributed by atoms with Crippen molar-refractivity contribution in [1.29, 1.82) is 0 Å². The number of furan rings is 1. The Bertz CT molecular complexity index is 1120. The molecule has 0 atom stereocenters. The number of hydrogen-bond donors (Lipinski definition) is 2. The molecular formula is C19H15BrN2O7. The first-order chi connectivity index (χ1) is 13.7.